The van der Waals surface area contributed by atoms with Crippen LogP contribution in [-0.4, -0.2) is 48.3 Å². The first-order valence-electron chi connectivity index (χ1n) is 10.8. The number of hydrogen-bond acceptors (Lipinski definition) is 6. The molecule has 0 radical (unpaired) electrons. The molecule has 2 aromatic heterocycles. The third-order valence-electron chi connectivity index (χ3n) is 5.53. The van der Waals surface area contributed by atoms with Crippen molar-refractivity contribution in [1.82, 2.24) is 20.0 Å². The van der Waals surface area contributed by atoms with Crippen molar-refractivity contribution in [2.45, 2.75) is 19.8 Å². The molecule has 0 unspecified atom stereocenters. The lowest BCUT2D eigenvalue weighted by Gasteiger charge is -2.16. The monoisotopic (exact) mass is 486 g/mol. The number of imidazole rings is 1. The first-order valence-corrected chi connectivity index (χ1v) is 11.2. The molecule has 1 aromatic carbocycles. The van der Waals surface area contributed by atoms with Crippen LogP contribution in [0.4, 0.5) is 4.39 Å². The molecule has 3 rings (SSSR count). The number of halogens is 2. The third kappa shape index (κ3) is 5.21. The van der Waals surface area contributed by atoms with Gasteiger partial charge in [-0.1, -0.05) is 11.6 Å². The maximum Gasteiger partial charge on any atom is 0.269 e. The number of pyridine rings is 1. The van der Waals surface area contributed by atoms with E-state index in [-0.39, 0.29) is 29.5 Å². The van der Waals surface area contributed by atoms with Crippen LogP contribution in [0.3, 0.4) is 0 Å². The van der Waals surface area contributed by atoms with Crippen LogP contribution in [0.2, 0.25) is 5.02 Å². The summed E-state index contributed by atoms with van der Waals surface area (Å²) in [5, 5.41) is 13.5. The summed E-state index contributed by atoms with van der Waals surface area (Å²) >= 11 is 6.05. The van der Waals surface area contributed by atoms with E-state index in [4.69, 9.17) is 27.5 Å². The smallest absolute Gasteiger partial charge is 0.269 e. The van der Waals surface area contributed by atoms with Crippen molar-refractivity contribution in [3.05, 3.63) is 64.5 Å². The molecule has 34 heavy (non-hydrogen) atoms. The van der Waals surface area contributed by atoms with Crippen LogP contribution in [0.1, 0.15) is 19.0 Å². The van der Waals surface area contributed by atoms with Gasteiger partial charge in [-0.15, -0.1) is 0 Å². The van der Waals surface area contributed by atoms with Gasteiger partial charge in [0.1, 0.15) is 11.4 Å². The Morgan fingerprint density at radius 1 is 1.26 bits per heavy atom. The predicted molar refractivity (Wildman–Crippen MR) is 132 cm³/mol. The summed E-state index contributed by atoms with van der Waals surface area (Å²) in [4.78, 5) is 16.3. The lowest BCUT2D eigenvalue weighted by Crippen LogP contribution is -2.30. The van der Waals surface area contributed by atoms with E-state index in [1.54, 1.807) is 26.2 Å². The van der Waals surface area contributed by atoms with Gasteiger partial charge in [0.25, 0.3) is 5.91 Å². The van der Waals surface area contributed by atoms with Crippen LogP contribution >= 0.6 is 11.6 Å². The van der Waals surface area contributed by atoms with Gasteiger partial charge in [0, 0.05) is 67.4 Å². The number of ether oxygens (including phenoxy) is 1. The number of hydrogen-bond donors (Lipinski definition) is 4. The highest BCUT2D eigenvalue weighted by Gasteiger charge is 2.19. The summed E-state index contributed by atoms with van der Waals surface area (Å²) in [6.45, 7) is 2.27. The fourth-order valence-corrected chi connectivity index (χ4v) is 3.74. The SMILES string of the molecule is CNC(=O)C(=N)/C(CCOc1c(-c2ccc3ncc(CCN)n3c2)ccc(Cl)c1F)=C(/C)NC. The first kappa shape index (κ1) is 25.2. The van der Waals surface area contributed by atoms with Gasteiger partial charge in [-0.05, 0) is 37.7 Å². The number of carbonyl (C=O) groups excluding carboxylic acids is 1. The maximum absolute atomic E-state index is 15.1. The van der Waals surface area contributed by atoms with Gasteiger partial charge < -0.3 is 25.5 Å². The predicted octanol–water partition coefficient (Wildman–Crippen LogP) is 3.32. The number of amides is 1. The van der Waals surface area contributed by atoms with Gasteiger partial charge in [0.2, 0.25) is 0 Å². The molecule has 10 heteroatoms. The molecule has 0 saturated carbocycles. The second-order valence-electron chi connectivity index (χ2n) is 7.58. The summed E-state index contributed by atoms with van der Waals surface area (Å²) in [6.07, 6.45) is 4.50. The molecule has 0 bridgehead atoms. The van der Waals surface area contributed by atoms with E-state index in [1.807, 2.05) is 22.7 Å². The number of nitrogens with one attached hydrogen (secondary N) is 3. The molecule has 180 valence electrons. The Bertz CT molecular complexity index is 1250. The van der Waals surface area contributed by atoms with Crippen molar-refractivity contribution in [3.63, 3.8) is 0 Å². The Morgan fingerprint density at radius 3 is 2.71 bits per heavy atom. The van der Waals surface area contributed by atoms with Crippen LogP contribution < -0.4 is 21.1 Å². The minimum atomic E-state index is -0.677. The number of nitrogens with two attached hydrogens (primary N) is 1. The van der Waals surface area contributed by atoms with Crippen molar-refractivity contribution < 1.29 is 13.9 Å². The van der Waals surface area contributed by atoms with Gasteiger partial charge in [-0.3, -0.25) is 10.2 Å². The Hall–Kier alpha value is -3.43. The highest BCUT2D eigenvalue weighted by Crippen LogP contribution is 2.36. The molecule has 0 fully saturated rings. The highest BCUT2D eigenvalue weighted by molar-refractivity contribution is 6.44. The Morgan fingerprint density at radius 2 is 2.03 bits per heavy atom. The molecule has 2 heterocycles. The zero-order valence-corrected chi connectivity index (χ0v) is 20.1. The van der Waals surface area contributed by atoms with E-state index in [0.29, 0.717) is 29.8 Å². The Kier molecular flexibility index (Phi) is 8.25. The average Bonchev–Trinajstić information content (AvgIpc) is 3.25. The molecule has 0 saturated heterocycles. The molecule has 0 spiro atoms. The molecule has 0 atom stereocenters. The highest BCUT2D eigenvalue weighted by atomic mass is 35.5. The Balaban J connectivity index is 1.94. The third-order valence-corrected chi connectivity index (χ3v) is 5.82. The molecule has 8 nitrogen and oxygen atoms in total. The van der Waals surface area contributed by atoms with E-state index < -0.39 is 11.7 Å². The van der Waals surface area contributed by atoms with Crippen molar-refractivity contribution in [2.24, 2.45) is 5.73 Å². The number of rotatable bonds is 10. The summed E-state index contributed by atoms with van der Waals surface area (Å²) in [5.74, 6) is -1.19. The van der Waals surface area contributed by atoms with Crippen LogP contribution in [0, 0.1) is 11.2 Å². The molecule has 0 aliphatic heterocycles. The van der Waals surface area contributed by atoms with Crippen LogP contribution in [0.5, 0.6) is 5.75 Å². The normalized spacial score (nSPS) is 11.8. The number of allylic oxidation sites excluding steroid dienone is 1. The second-order valence-corrected chi connectivity index (χ2v) is 7.99. The van der Waals surface area contributed by atoms with Crippen molar-refractivity contribution in [1.29, 1.82) is 5.41 Å². The molecule has 3 aromatic rings. The van der Waals surface area contributed by atoms with E-state index in [9.17, 15) is 4.79 Å². The lowest BCUT2D eigenvalue weighted by atomic mass is 10.0. The van der Waals surface area contributed by atoms with E-state index in [2.05, 4.69) is 15.6 Å². The van der Waals surface area contributed by atoms with Crippen molar-refractivity contribution in [2.75, 3.05) is 27.2 Å². The van der Waals surface area contributed by atoms with Gasteiger partial charge in [0.15, 0.2) is 11.6 Å². The topological polar surface area (TPSA) is 118 Å². The molecule has 0 aliphatic rings. The van der Waals surface area contributed by atoms with Gasteiger partial charge >= 0.3 is 0 Å². The number of fused-ring (bicyclic) bond motifs is 1. The van der Waals surface area contributed by atoms with Gasteiger partial charge in [-0.2, -0.15) is 0 Å². The van der Waals surface area contributed by atoms with E-state index in [1.165, 1.54) is 13.1 Å². The molecule has 1 amide bonds. The summed E-state index contributed by atoms with van der Waals surface area (Å²) < 4.78 is 22.9. The fourth-order valence-electron chi connectivity index (χ4n) is 3.59. The van der Waals surface area contributed by atoms with Gasteiger partial charge in [-0.25, -0.2) is 9.37 Å². The number of carbonyl (C=O) groups is 1. The quantitative estimate of drug-likeness (QED) is 0.328. The first-order chi connectivity index (χ1) is 16.3. The number of nitrogens with zero attached hydrogens (tertiary/aromatic N) is 2. The van der Waals surface area contributed by atoms with E-state index >= 15 is 4.39 Å². The summed E-state index contributed by atoms with van der Waals surface area (Å²) in [5.41, 5.74) is 9.60. The largest absolute Gasteiger partial charge is 0.489 e. The summed E-state index contributed by atoms with van der Waals surface area (Å²) in [7, 11) is 3.16. The standard InChI is InChI=1S/C24H28ClFN6O2/c1-14(29-2)17(22(28)24(33)30-3)9-11-34-23-18(5-6-19(25)21(23)26)15-4-7-20-31-12-16(8-10-27)32(20)13-15/h4-7,12-13,28-29H,8-11,27H2,1-3H3,(H,30,33)/b17-14-,28-22?. The van der Waals surface area contributed by atoms with Crippen LogP contribution in [0.15, 0.2) is 47.9 Å². The lowest BCUT2D eigenvalue weighted by molar-refractivity contribution is -0.114. The Labute approximate surface area is 202 Å². The zero-order valence-electron chi connectivity index (χ0n) is 19.3. The van der Waals surface area contributed by atoms with Gasteiger partial charge in [0.05, 0.1) is 11.6 Å². The zero-order chi connectivity index (χ0) is 24.8. The minimum absolute atomic E-state index is 0.000254. The van der Waals surface area contributed by atoms with E-state index in [0.717, 1.165) is 16.9 Å². The average molecular weight is 487 g/mol. The van der Waals surface area contributed by atoms with Crippen molar-refractivity contribution in [3.8, 4) is 16.9 Å². The fraction of sp³-hybridized carbons (Fsp3) is 0.292. The van der Waals surface area contributed by atoms with Crippen LogP contribution in [0.25, 0.3) is 16.8 Å². The molecular formula is C24H28ClFN6O2. The molecular weight excluding hydrogens is 459 g/mol. The number of aromatic nitrogens is 2. The van der Waals surface area contributed by atoms with Crippen LogP contribution in [-0.2, 0) is 11.2 Å². The minimum Gasteiger partial charge on any atom is -0.489 e. The molecule has 5 N–H and O–H groups in total. The second kappa shape index (κ2) is 11.1. The van der Waals surface area contributed by atoms with Crippen molar-refractivity contribution >= 4 is 28.9 Å². The summed E-state index contributed by atoms with van der Waals surface area (Å²) in [6, 6.07) is 6.86. The maximum atomic E-state index is 15.1. The molecule has 0 aliphatic carbocycles. The number of benzene rings is 1.